The molecule has 2 aliphatic carbocycles. The van der Waals surface area contributed by atoms with Gasteiger partial charge in [0.1, 0.15) is 5.75 Å². The average Bonchev–Trinajstić information content (AvgIpc) is 3.06. The van der Waals surface area contributed by atoms with Crippen LogP contribution in [0.5, 0.6) is 5.75 Å². The Morgan fingerprint density at radius 3 is 2.90 bits per heavy atom. The lowest BCUT2D eigenvalue weighted by Crippen LogP contribution is -2.27. The quantitative estimate of drug-likeness (QED) is 0.409. The maximum atomic E-state index is 11.4. The van der Waals surface area contributed by atoms with Crippen LogP contribution in [0.25, 0.3) is 0 Å². The third kappa shape index (κ3) is 5.06. The number of hydrogen-bond acceptors (Lipinski definition) is 5. The molecule has 6 atom stereocenters. The van der Waals surface area contributed by atoms with Crippen LogP contribution < -0.4 is 4.74 Å². The van der Waals surface area contributed by atoms with Gasteiger partial charge in [-0.15, -0.1) is 11.8 Å². The van der Waals surface area contributed by atoms with Crippen LogP contribution in [0.1, 0.15) is 37.8 Å². The molecular formula is C25H32O5. The maximum absolute atomic E-state index is 11.4. The molecule has 1 saturated carbocycles. The van der Waals surface area contributed by atoms with Crippen molar-refractivity contribution < 1.29 is 24.5 Å². The lowest BCUT2D eigenvalue weighted by molar-refractivity contribution is -0.142. The molecule has 0 aliphatic heterocycles. The molecule has 0 unspecified atom stereocenters. The smallest absolute Gasteiger partial charge is 0.343 e. The van der Waals surface area contributed by atoms with Crippen LogP contribution >= 0.6 is 0 Å². The maximum Gasteiger partial charge on any atom is 0.343 e. The number of hydrogen-bond donors (Lipinski definition) is 2. The standard InChI is InChI=1S/C25H32O5/c1-4-5-7-16(2)22(26)11-10-19-20-12-17-8-6-9-24(30-15-25(28)29-3)21(17)13-18(20)14-23(19)27/h6,8-11,16,18-20,22-23,26-27H,7,12-15H2,1-3H3/b11-10+/t16-,18-,19+,20-,22+,23+/m0/s1. The number of aliphatic hydroxyl groups is 2. The summed E-state index contributed by atoms with van der Waals surface area (Å²) in [6.45, 7) is 3.68. The second kappa shape index (κ2) is 10.1. The lowest BCUT2D eigenvalue weighted by Gasteiger charge is -2.31. The minimum Gasteiger partial charge on any atom is -0.482 e. The molecule has 0 saturated heterocycles. The number of benzene rings is 1. The van der Waals surface area contributed by atoms with Crippen LogP contribution in [0, 0.1) is 35.5 Å². The Morgan fingerprint density at radius 2 is 2.17 bits per heavy atom. The van der Waals surface area contributed by atoms with E-state index in [1.807, 2.05) is 31.2 Å². The fourth-order valence-corrected chi connectivity index (χ4v) is 4.75. The van der Waals surface area contributed by atoms with Crippen molar-refractivity contribution in [1.82, 2.24) is 0 Å². The monoisotopic (exact) mass is 412 g/mol. The number of fused-ring (bicyclic) bond motifs is 2. The van der Waals surface area contributed by atoms with Gasteiger partial charge < -0.3 is 19.7 Å². The summed E-state index contributed by atoms with van der Waals surface area (Å²) in [5, 5.41) is 21.1. The van der Waals surface area contributed by atoms with Gasteiger partial charge in [-0.3, -0.25) is 0 Å². The predicted octanol–water partition coefficient (Wildman–Crippen LogP) is 2.92. The molecule has 0 spiro atoms. The van der Waals surface area contributed by atoms with Crippen LogP contribution in [0.4, 0.5) is 0 Å². The molecule has 2 aliphatic rings. The summed E-state index contributed by atoms with van der Waals surface area (Å²) in [6.07, 6.45) is 5.94. The van der Waals surface area contributed by atoms with Crippen molar-refractivity contribution in [3.05, 3.63) is 41.5 Å². The van der Waals surface area contributed by atoms with E-state index in [4.69, 9.17) is 4.74 Å². The second-order valence-electron chi connectivity index (χ2n) is 8.45. The third-order valence-electron chi connectivity index (χ3n) is 6.53. The van der Waals surface area contributed by atoms with Gasteiger partial charge >= 0.3 is 5.97 Å². The van der Waals surface area contributed by atoms with Crippen LogP contribution in [0.15, 0.2) is 30.4 Å². The molecule has 0 radical (unpaired) electrons. The van der Waals surface area contributed by atoms with Gasteiger partial charge in [0.25, 0.3) is 0 Å². The van der Waals surface area contributed by atoms with Crippen molar-refractivity contribution in [3.63, 3.8) is 0 Å². The number of aliphatic hydroxyl groups excluding tert-OH is 2. The van der Waals surface area contributed by atoms with E-state index in [-0.39, 0.29) is 18.4 Å². The van der Waals surface area contributed by atoms with E-state index in [1.54, 1.807) is 6.92 Å². The van der Waals surface area contributed by atoms with Crippen LogP contribution in [0.2, 0.25) is 0 Å². The minimum absolute atomic E-state index is 0.0295. The van der Waals surface area contributed by atoms with Gasteiger partial charge in [-0.1, -0.05) is 31.2 Å². The Labute approximate surface area is 179 Å². The fourth-order valence-electron chi connectivity index (χ4n) is 4.75. The Bertz CT molecular complexity index is 834. The van der Waals surface area contributed by atoms with Gasteiger partial charge in [-0.05, 0) is 61.1 Å². The van der Waals surface area contributed by atoms with Gasteiger partial charge in [0.05, 0.1) is 19.3 Å². The molecule has 5 heteroatoms. The largest absolute Gasteiger partial charge is 0.482 e. The van der Waals surface area contributed by atoms with Crippen LogP contribution in [-0.2, 0) is 22.4 Å². The van der Waals surface area contributed by atoms with Crippen molar-refractivity contribution in [1.29, 1.82) is 0 Å². The summed E-state index contributed by atoms with van der Waals surface area (Å²) < 4.78 is 10.4. The van der Waals surface area contributed by atoms with Crippen molar-refractivity contribution >= 4 is 5.97 Å². The SMILES string of the molecule is CC#CC[C@H](C)[C@H](O)/C=C/[C@@H]1[C@H]2Cc3cccc(OCC(=O)OC)c3C[C@H]2C[C@H]1O. The number of rotatable bonds is 7. The first-order valence-corrected chi connectivity index (χ1v) is 10.7. The van der Waals surface area contributed by atoms with E-state index in [9.17, 15) is 15.0 Å². The van der Waals surface area contributed by atoms with Gasteiger partial charge in [0.2, 0.25) is 0 Å². The first-order chi connectivity index (χ1) is 14.4. The van der Waals surface area contributed by atoms with E-state index in [0.717, 1.165) is 30.6 Å². The second-order valence-corrected chi connectivity index (χ2v) is 8.45. The summed E-state index contributed by atoms with van der Waals surface area (Å²) in [6, 6.07) is 5.94. The Kier molecular flexibility index (Phi) is 7.58. The summed E-state index contributed by atoms with van der Waals surface area (Å²) >= 11 is 0. The van der Waals surface area contributed by atoms with Gasteiger partial charge in [0, 0.05) is 12.3 Å². The molecule has 0 amide bonds. The van der Waals surface area contributed by atoms with Crippen LogP contribution in [0.3, 0.4) is 0 Å². The minimum atomic E-state index is -0.564. The molecule has 5 nitrogen and oxygen atoms in total. The predicted molar refractivity (Wildman–Crippen MR) is 115 cm³/mol. The number of carbonyl (C=O) groups is 1. The Balaban J connectivity index is 1.71. The van der Waals surface area contributed by atoms with Crippen molar-refractivity contribution in [2.75, 3.05) is 13.7 Å². The lowest BCUT2D eigenvalue weighted by atomic mass is 9.74. The highest BCUT2D eigenvalue weighted by Crippen LogP contribution is 2.47. The summed E-state index contributed by atoms with van der Waals surface area (Å²) in [7, 11) is 1.35. The summed E-state index contributed by atoms with van der Waals surface area (Å²) in [5.74, 6) is 6.98. The number of ether oxygens (including phenoxy) is 2. The fraction of sp³-hybridized carbons (Fsp3) is 0.560. The molecule has 0 aromatic heterocycles. The van der Waals surface area contributed by atoms with Gasteiger partial charge in [-0.2, -0.15) is 0 Å². The number of esters is 1. The van der Waals surface area contributed by atoms with Crippen molar-refractivity contribution in [2.24, 2.45) is 23.7 Å². The van der Waals surface area contributed by atoms with E-state index in [1.165, 1.54) is 12.7 Å². The molecule has 2 N–H and O–H groups in total. The zero-order chi connectivity index (χ0) is 21.7. The first-order valence-electron chi connectivity index (χ1n) is 10.7. The molecule has 162 valence electrons. The summed E-state index contributed by atoms with van der Waals surface area (Å²) in [4.78, 5) is 11.4. The molecule has 1 fully saturated rings. The Hall–Kier alpha value is -2.29. The van der Waals surface area contributed by atoms with E-state index in [2.05, 4.69) is 22.6 Å². The van der Waals surface area contributed by atoms with Crippen LogP contribution in [-0.4, -0.2) is 42.1 Å². The first kappa shape index (κ1) is 22.4. The molecular weight excluding hydrogens is 380 g/mol. The highest BCUT2D eigenvalue weighted by molar-refractivity contribution is 5.71. The topological polar surface area (TPSA) is 76.0 Å². The van der Waals surface area contributed by atoms with Gasteiger partial charge in [0.15, 0.2) is 6.61 Å². The third-order valence-corrected chi connectivity index (χ3v) is 6.53. The highest BCUT2D eigenvalue weighted by atomic mass is 16.6. The zero-order valence-corrected chi connectivity index (χ0v) is 18.0. The zero-order valence-electron chi connectivity index (χ0n) is 18.0. The normalized spacial score (nSPS) is 26.8. The van der Waals surface area contributed by atoms with Gasteiger partial charge in [-0.25, -0.2) is 4.79 Å². The summed E-state index contributed by atoms with van der Waals surface area (Å²) in [5.41, 5.74) is 2.34. The number of carbonyl (C=O) groups excluding carboxylic acids is 1. The molecule has 30 heavy (non-hydrogen) atoms. The van der Waals surface area contributed by atoms with E-state index < -0.39 is 18.2 Å². The number of methoxy groups -OCH3 is 1. The molecule has 0 bridgehead atoms. The average molecular weight is 413 g/mol. The molecule has 1 aromatic carbocycles. The van der Waals surface area contributed by atoms with E-state index in [0.29, 0.717) is 18.3 Å². The molecule has 0 heterocycles. The Morgan fingerprint density at radius 1 is 1.37 bits per heavy atom. The van der Waals surface area contributed by atoms with Crippen molar-refractivity contribution in [2.45, 2.75) is 51.7 Å². The van der Waals surface area contributed by atoms with Crippen molar-refractivity contribution in [3.8, 4) is 17.6 Å². The molecule has 1 aromatic rings. The molecule has 3 rings (SSSR count). The van der Waals surface area contributed by atoms with E-state index >= 15 is 0 Å². The highest BCUT2D eigenvalue weighted by Gasteiger charge is 2.44.